The van der Waals surface area contributed by atoms with Crippen molar-refractivity contribution < 1.29 is 19.0 Å². The summed E-state index contributed by atoms with van der Waals surface area (Å²) in [5.74, 6) is 0.889. The van der Waals surface area contributed by atoms with Gasteiger partial charge in [0.25, 0.3) is 5.91 Å². The van der Waals surface area contributed by atoms with E-state index in [4.69, 9.17) is 14.2 Å². The van der Waals surface area contributed by atoms with Crippen molar-refractivity contribution in [2.24, 2.45) is 0 Å². The number of fused-ring (bicyclic) bond motifs is 1. The Morgan fingerprint density at radius 3 is 2.52 bits per heavy atom. The molecule has 0 radical (unpaired) electrons. The summed E-state index contributed by atoms with van der Waals surface area (Å²) in [6, 6.07) is 15.8. The van der Waals surface area contributed by atoms with Crippen molar-refractivity contribution in [1.82, 2.24) is 4.90 Å². The van der Waals surface area contributed by atoms with Crippen LogP contribution in [0.4, 0.5) is 0 Å². The highest BCUT2D eigenvalue weighted by molar-refractivity contribution is 5.96. The zero-order valence-corrected chi connectivity index (χ0v) is 17.4. The molecule has 2 aliphatic rings. The van der Waals surface area contributed by atoms with Crippen molar-refractivity contribution in [3.63, 3.8) is 0 Å². The Morgan fingerprint density at radius 1 is 1.03 bits per heavy atom. The van der Waals surface area contributed by atoms with Crippen molar-refractivity contribution in [2.45, 2.75) is 43.4 Å². The molecule has 0 spiro atoms. The summed E-state index contributed by atoms with van der Waals surface area (Å²) in [5, 5.41) is 0. The molecule has 1 aliphatic carbocycles. The fraction of sp³-hybridized carbons (Fsp3) is 0.458. The van der Waals surface area contributed by atoms with E-state index in [1.165, 1.54) is 0 Å². The SMILES string of the molecule is COc1ccc(-c2cccc(C(=O)N3CC[C@]4(OC)CC[C@H](OC)C[C@H]34)c2)cc1. The minimum atomic E-state index is -0.238. The molecule has 5 nitrogen and oxygen atoms in total. The average Bonchev–Trinajstić information content (AvgIpc) is 3.17. The smallest absolute Gasteiger partial charge is 0.254 e. The lowest BCUT2D eigenvalue weighted by Crippen LogP contribution is -2.53. The lowest BCUT2D eigenvalue weighted by molar-refractivity contribution is -0.0893. The number of amides is 1. The third kappa shape index (κ3) is 3.65. The molecule has 1 aliphatic heterocycles. The molecule has 4 rings (SSSR count). The number of carbonyl (C=O) groups is 1. The van der Waals surface area contributed by atoms with Gasteiger partial charge in [-0.25, -0.2) is 0 Å². The van der Waals surface area contributed by atoms with Gasteiger partial charge in [-0.2, -0.15) is 0 Å². The van der Waals surface area contributed by atoms with Gasteiger partial charge in [0, 0.05) is 26.3 Å². The Kier molecular flexibility index (Phi) is 5.61. The third-order valence-corrected chi connectivity index (χ3v) is 6.67. The van der Waals surface area contributed by atoms with Crippen LogP contribution in [-0.2, 0) is 9.47 Å². The predicted molar refractivity (Wildman–Crippen MR) is 112 cm³/mol. The Hall–Kier alpha value is -2.37. The molecule has 2 aromatic rings. The van der Waals surface area contributed by atoms with Crippen molar-refractivity contribution >= 4 is 5.91 Å². The number of rotatable bonds is 5. The predicted octanol–water partition coefficient (Wildman–Crippen LogP) is 4.16. The molecule has 2 aromatic carbocycles. The number of hydrogen-bond donors (Lipinski definition) is 0. The monoisotopic (exact) mass is 395 g/mol. The van der Waals surface area contributed by atoms with E-state index in [0.29, 0.717) is 5.56 Å². The summed E-state index contributed by atoms with van der Waals surface area (Å²) in [4.78, 5) is 15.5. The molecule has 2 fully saturated rings. The van der Waals surface area contributed by atoms with Crippen LogP contribution in [0.25, 0.3) is 11.1 Å². The number of hydrogen-bond acceptors (Lipinski definition) is 4. The molecule has 3 atom stereocenters. The van der Waals surface area contributed by atoms with Gasteiger partial charge in [0.2, 0.25) is 0 Å². The van der Waals surface area contributed by atoms with Crippen LogP contribution in [-0.4, -0.2) is 56.4 Å². The quantitative estimate of drug-likeness (QED) is 0.763. The van der Waals surface area contributed by atoms with Crippen LogP contribution in [0.5, 0.6) is 5.75 Å². The second kappa shape index (κ2) is 8.17. The number of ether oxygens (including phenoxy) is 3. The third-order valence-electron chi connectivity index (χ3n) is 6.67. The van der Waals surface area contributed by atoms with E-state index in [-0.39, 0.29) is 23.7 Å². The number of carbonyl (C=O) groups excluding carboxylic acids is 1. The standard InChI is InChI=1S/C24H29NO4/c1-27-20-9-7-17(8-10-20)18-5-4-6-19(15-18)23(26)25-14-13-24(29-3)12-11-21(28-2)16-22(24)25/h4-10,15,21-22H,11-14,16H2,1-3H3/t21-,22-,24+/m0/s1. The molecule has 1 amide bonds. The molecule has 0 N–H and O–H groups in total. The van der Waals surface area contributed by atoms with Gasteiger partial charge in [-0.05, 0) is 61.1 Å². The van der Waals surface area contributed by atoms with Crippen LogP contribution in [0, 0.1) is 0 Å². The summed E-state index contributed by atoms with van der Waals surface area (Å²) in [7, 11) is 5.19. The fourth-order valence-corrected chi connectivity index (χ4v) is 4.90. The van der Waals surface area contributed by atoms with E-state index in [1.54, 1.807) is 21.3 Å². The zero-order chi connectivity index (χ0) is 20.4. The van der Waals surface area contributed by atoms with Crippen molar-refractivity contribution in [2.75, 3.05) is 27.9 Å². The first kappa shape index (κ1) is 19.9. The number of methoxy groups -OCH3 is 3. The Bertz CT molecular complexity index is 865. The van der Waals surface area contributed by atoms with Crippen LogP contribution in [0.1, 0.15) is 36.0 Å². The Labute approximate surface area is 172 Å². The van der Waals surface area contributed by atoms with E-state index in [1.807, 2.05) is 53.4 Å². The van der Waals surface area contributed by atoms with Crippen LogP contribution in [0.3, 0.4) is 0 Å². The van der Waals surface area contributed by atoms with E-state index in [9.17, 15) is 4.79 Å². The van der Waals surface area contributed by atoms with Crippen LogP contribution < -0.4 is 4.74 Å². The molecule has 1 saturated carbocycles. The first-order chi connectivity index (χ1) is 14.1. The first-order valence-electron chi connectivity index (χ1n) is 10.2. The van der Waals surface area contributed by atoms with E-state index in [0.717, 1.165) is 49.1 Å². The van der Waals surface area contributed by atoms with Crippen LogP contribution >= 0.6 is 0 Å². The largest absolute Gasteiger partial charge is 0.497 e. The molecular weight excluding hydrogens is 366 g/mol. The van der Waals surface area contributed by atoms with Gasteiger partial charge >= 0.3 is 0 Å². The summed E-state index contributed by atoms with van der Waals surface area (Å²) in [6.45, 7) is 0.723. The highest BCUT2D eigenvalue weighted by Crippen LogP contribution is 2.43. The average molecular weight is 395 g/mol. The number of benzene rings is 2. The second-order valence-electron chi connectivity index (χ2n) is 7.97. The van der Waals surface area contributed by atoms with E-state index < -0.39 is 0 Å². The van der Waals surface area contributed by atoms with Crippen LogP contribution in [0.2, 0.25) is 0 Å². The molecule has 5 heteroatoms. The van der Waals surface area contributed by atoms with Gasteiger partial charge in [0.15, 0.2) is 0 Å². The van der Waals surface area contributed by atoms with Gasteiger partial charge in [0.05, 0.1) is 24.9 Å². The fourth-order valence-electron chi connectivity index (χ4n) is 4.90. The van der Waals surface area contributed by atoms with E-state index in [2.05, 4.69) is 0 Å². The highest BCUT2D eigenvalue weighted by atomic mass is 16.5. The normalized spacial score (nSPS) is 26.2. The van der Waals surface area contributed by atoms with Gasteiger partial charge in [-0.3, -0.25) is 4.79 Å². The van der Waals surface area contributed by atoms with Gasteiger partial charge in [-0.15, -0.1) is 0 Å². The van der Waals surface area contributed by atoms with Crippen molar-refractivity contribution in [3.8, 4) is 16.9 Å². The maximum Gasteiger partial charge on any atom is 0.254 e. The molecule has 0 bridgehead atoms. The topological polar surface area (TPSA) is 48.0 Å². The molecule has 1 heterocycles. The summed E-state index contributed by atoms with van der Waals surface area (Å²) < 4.78 is 16.8. The molecule has 29 heavy (non-hydrogen) atoms. The zero-order valence-electron chi connectivity index (χ0n) is 17.4. The summed E-state index contributed by atoms with van der Waals surface area (Å²) in [5.41, 5.74) is 2.56. The molecular formula is C24H29NO4. The lowest BCUT2D eigenvalue weighted by atomic mass is 9.79. The molecule has 0 unspecified atom stereocenters. The summed E-state index contributed by atoms with van der Waals surface area (Å²) in [6.07, 6.45) is 3.81. The summed E-state index contributed by atoms with van der Waals surface area (Å²) >= 11 is 0. The number of likely N-dealkylation sites (tertiary alicyclic amines) is 1. The minimum Gasteiger partial charge on any atom is -0.497 e. The first-order valence-corrected chi connectivity index (χ1v) is 10.2. The Balaban J connectivity index is 1.59. The van der Waals surface area contributed by atoms with Gasteiger partial charge < -0.3 is 19.1 Å². The molecule has 0 aromatic heterocycles. The number of nitrogens with zero attached hydrogens (tertiary/aromatic N) is 1. The van der Waals surface area contributed by atoms with Gasteiger partial charge in [-0.1, -0.05) is 24.3 Å². The van der Waals surface area contributed by atoms with Gasteiger partial charge in [0.1, 0.15) is 5.75 Å². The van der Waals surface area contributed by atoms with E-state index >= 15 is 0 Å². The second-order valence-corrected chi connectivity index (χ2v) is 7.97. The maximum atomic E-state index is 13.4. The highest BCUT2D eigenvalue weighted by Gasteiger charge is 2.52. The molecule has 1 saturated heterocycles. The maximum absolute atomic E-state index is 13.4. The van der Waals surface area contributed by atoms with Crippen molar-refractivity contribution in [1.29, 1.82) is 0 Å². The Morgan fingerprint density at radius 2 is 1.83 bits per heavy atom. The van der Waals surface area contributed by atoms with Crippen molar-refractivity contribution in [3.05, 3.63) is 54.1 Å². The lowest BCUT2D eigenvalue weighted by Gasteiger charge is -2.43. The molecule has 154 valence electrons. The van der Waals surface area contributed by atoms with Crippen LogP contribution in [0.15, 0.2) is 48.5 Å². The minimum absolute atomic E-state index is 0.0587.